The van der Waals surface area contributed by atoms with Gasteiger partial charge in [0.25, 0.3) is 5.91 Å². The second-order valence-corrected chi connectivity index (χ2v) is 8.55. The molecule has 2 fully saturated rings. The highest BCUT2D eigenvalue weighted by Crippen LogP contribution is 2.37. The van der Waals surface area contributed by atoms with Crippen LogP contribution in [0.2, 0.25) is 0 Å². The lowest BCUT2D eigenvalue weighted by molar-refractivity contribution is 0.0229. The fraction of sp³-hybridized carbons (Fsp3) is 0.591. The number of nitrogens with one attached hydrogen (secondary N) is 1. The Kier molecular flexibility index (Phi) is 5.76. The number of nitrogens with zero attached hydrogens (tertiary/aromatic N) is 4. The summed E-state index contributed by atoms with van der Waals surface area (Å²) in [5.74, 6) is 0.823. The molecule has 0 radical (unpaired) electrons. The van der Waals surface area contributed by atoms with Crippen molar-refractivity contribution in [3.05, 3.63) is 42.5 Å². The Morgan fingerprint density at radius 2 is 1.71 bits per heavy atom. The van der Waals surface area contributed by atoms with E-state index >= 15 is 0 Å². The highest BCUT2D eigenvalue weighted by Gasteiger charge is 2.40. The summed E-state index contributed by atoms with van der Waals surface area (Å²) in [6.45, 7) is 5.47. The van der Waals surface area contributed by atoms with E-state index in [1.807, 2.05) is 28.8 Å². The van der Waals surface area contributed by atoms with E-state index in [2.05, 4.69) is 27.3 Å². The summed E-state index contributed by atoms with van der Waals surface area (Å²) in [5.41, 5.74) is 1.80. The lowest BCUT2D eigenvalue weighted by Gasteiger charge is -2.49. The summed E-state index contributed by atoms with van der Waals surface area (Å²) in [6, 6.07) is 7.62. The summed E-state index contributed by atoms with van der Waals surface area (Å²) in [4.78, 5) is 15.5. The number of aromatic nitrogens is 3. The standard InChI is InChI=1S/C22H31N5O/c1-18-9-11-22(12-10-18,27-13-3-2-4-14-27)15-23-21(28)19-5-7-20(8-6-19)26-16-24-25-17-26/h5-8,16-18H,2-4,9-15H2,1H3,(H,23,28). The number of carbonyl (C=O) groups is 1. The van der Waals surface area contributed by atoms with E-state index in [0.717, 1.165) is 18.2 Å². The van der Waals surface area contributed by atoms with Crippen LogP contribution in [0.5, 0.6) is 0 Å². The molecular weight excluding hydrogens is 350 g/mol. The van der Waals surface area contributed by atoms with Gasteiger partial charge in [-0.2, -0.15) is 0 Å². The molecule has 1 saturated carbocycles. The quantitative estimate of drug-likeness (QED) is 0.862. The highest BCUT2D eigenvalue weighted by atomic mass is 16.1. The zero-order valence-electron chi connectivity index (χ0n) is 16.8. The van der Waals surface area contributed by atoms with E-state index in [-0.39, 0.29) is 11.4 Å². The van der Waals surface area contributed by atoms with Crippen molar-refractivity contribution < 1.29 is 4.79 Å². The zero-order chi connectivity index (χ0) is 19.4. The molecule has 0 unspecified atom stereocenters. The highest BCUT2D eigenvalue weighted by molar-refractivity contribution is 5.94. The molecule has 2 heterocycles. The Balaban J connectivity index is 1.42. The molecule has 1 N–H and O–H groups in total. The molecule has 1 saturated heterocycles. The molecule has 1 amide bonds. The molecule has 1 aromatic carbocycles. The van der Waals surface area contributed by atoms with Crippen LogP contribution < -0.4 is 5.32 Å². The van der Waals surface area contributed by atoms with Gasteiger partial charge in [0.15, 0.2) is 0 Å². The number of benzene rings is 1. The van der Waals surface area contributed by atoms with Crippen LogP contribution in [-0.2, 0) is 0 Å². The van der Waals surface area contributed by atoms with Gasteiger partial charge in [-0.1, -0.05) is 13.3 Å². The van der Waals surface area contributed by atoms with Crippen LogP contribution in [0.25, 0.3) is 5.69 Å². The summed E-state index contributed by atoms with van der Waals surface area (Å²) in [7, 11) is 0. The second-order valence-electron chi connectivity index (χ2n) is 8.55. The number of rotatable bonds is 5. The number of carbonyl (C=O) groups excluding carboxylic acids is 1. The first-order valence-corrected chi connectivity index (χ1v) is 10.6. The predicted octanol–water partition coefficient (Wildman–Crippen LogP) is 3.43. The lowest BCUT2D eigenvalue weighted by Crippen LogP contribution is -2.58. The van der Waals surface area contributed by atoms with Gasteiger partial charge in [0.2, 0.25) is 0 Å². The minimum atomic E-state index is 0.0188. The second kappa shape index (κ2) is 8.43. The maximum Gasteiger partial charge on any atom is 0.251 e. The number of piperidine rings is 1. The van der Waals surface area contributed by atoms with Crippen LogP contribution in [0, 0.1) is 5.92 Å². The van der Waals surface area contributed by atoms with E-state index in [1.54, 1.807) is 12.7 Å². The predicted molar refractivity (Wildman–Crippen MR) is 109 cm³/mol. The maximum absolute atomic E-state index is 12.8. The van der Waals surface area contributed by atoms with Crippen LogP contribution in [0.1, 0.15) is 62.2 Å². The van der Waals surface area contributed by atoms with Crippen LogP contribution in [-0.4, -0.2) is 50.7 Å². The topological polar surface area (TPSA) is 63.1 Å². The number of hydrogen-bond donors (Lipinski definition) is 1. The molecule has 2 aromatic rings. The average molecular weight is 382 g/mol. The molecule has 4 rings (SSSR count). The normalized spacial score (nSPS) is 26.1. The maximum atomic E-state index is 12.8. The Bertz CT molecular complexity index is 757. The summed E-state index contributed by atoms with van der Waals surface area (Å²) >= 11 is 0. The Hall–Kier alpha value is -2.21. The van der Waals surface area contributed by atoms with Gasteiger partial charge in [-0.3, -0.25) is 14.3 Å². The SMILES string of the molecule is CC1CCC(CNC(=O)c2ccc(-n3cnnc3)cc2)(N2CCCCC2)CC1. The summed E-state index contributed by atoms with van der Waals surface area (Å²) in [6.07, 6.45) is 12.1. The van der Waals surface area contributed by atoms with Crippen molar-refractivity contribution in [3.8, 4) is 5.69 Å². The first-order valence-electron chi connectivity index (χ1n) is 10.6. The monoisotopic (exact) mass is 381 g/mol. The van der Waals surface area contributed by atoms with Gasteiger partial charge < -0.3 is 5.32 Å². The zero-order valence-corrected chi connectivity index (χ0v) is 16.8. The van der Waals surface area contributed by atoms with Gasteiger partial charge in [0.1, 0.15) is 12.7 Å². The molecule has 150 valence electrons. The van der Waals surface area contributed by atoms with Crippen molar-refractivity contribution in [2.45, 2.75) is 57.4 Å². The number of likely N-dealkylation sites (tertiary alicyclic amines) is 1. The van der Waals surface area contributed by atoms with E-state index in [4.69, 9.17) is 0 Å². The molecule has 0 bridgehead atoms. The largest absolute Gasteiger partial charge is 0.350 e. The third kappa shape index (κ3) is 4.12. The van der Waals surface area contributed by atoms with Gasteiger partial charge in [0.05, 0.1) is 0 Å². The fourth-order valence-electron chi connectivity index (χ4n) is 4.74. The van der Waals surface area contributed by atoms with Crippen LogP contribution in [0.15, 0.2) is 36.9 Å². The average Bonchev–Trinajstić information content (AvgIpc) is 3.29. The number of amides is 1. The van der Waals surface area contributed by atoms with E-state index in [1.165, 1.54) is 58.0 Å². The lowest BCUT2D eigenvalue weighted by atomic mass is 9.75. The van der Waals surface area contributed by atoms with Crippen LogP contribution in [0.3, 0.4) is 0 Å². The molecule has 2 aliphatic rings. The molecule has 28 heavy (non-hydrogen) atoms. The minimum Gasteiger partial charge on any atom is -0.350 e. The van der Waals surface area contributed by atoms with E-state index < -0.39 is 0 Å². The summed E-state index contributed by atoms with van der Waals surface area (Å²) in [5, 5.41) is 10.9. The smallest absolute Gasteiger partial charge is 0.251 e. The Morgan fingerprint density at radius 1 is 1.07 bits per heavy atom. The fourth-order valence-corrected chi connectivity index (χ4v) is 4.74. The van der Waals surface area contributed by atoms with Crippen molar-refractivity contribution >= 4 is 5.91 Å². The van der Waals surface area contributed by atoms with Crippen molar-refractivity contribution in [3.63, 3.8) is 0 Å². The Labute approximate surface area is 167 Å². The van der Waals surface area contributed by atoms with Crippen LogP contribution in [0.4, 0.5) is 0 Å². The molecule has 6 nitrogen and oxygen atoms in total. The van der Waals surface area contributed by atoms with Crippen molar-refractivity contribution in [1.82, 2.24) is 25.0 Å². The minimum absolute atomic E-state index is 0.0188. The molecule has 1 aromatic heterocycles. The van der Waals surface area contributed by atoms with Gasteiger partial charge in [-0.25, -0.2) is 0 Å². The third-order valence-electron chi connectivity index (χ3n) is 6.66. The molecule has 1 aliphatic heterocycles. The summed E-state index contributed by atoms with van der Waals surface area (Å²) < 4.78 is 1.83. The van der Waals surface area contributed by atoms with Gasteiger partial charge in [0, 0.05) is 23.3 Å². The van der Waals surface area contributed by atoms with Gasteiger partial charge in [-0.15, -0.1) is 10.2 Å². The van der Waals surface area contributed by atoms with E-state index in [9.17, 15) is 4.79 Å². The Morgan fingerprint density at radius 3 is 2.36 bits per heavy atom. The van der Waals surface area contributed by atoms with Gasteiger partial charge >= 0.3 is 0 Å². The first-order chi connectivity index (χ1) is 13.7. The molecular formula is C22H31N5O. The molecule has 0 spiro atoms. The first kappa shape index (κ1) is 19.1. The molecule has 0 atom stereocenters. The van der Waals surface area contributed by atoms with Crippen LogP contribution >= 0.6 is 0 Å². The molecule has 6 heteroatoms. The van der Waals surface area contributed by atoms with E-state index in [0.29, 0.717) is 5.56 Å². The van der Waals surface area contributed by atoms with Crippen molar-refractivity contribution in [2.75, 3.05) is 19.6 Å². The third-order valence-corrected chi connectivity index (χ3v) is 6.66. The van der Waals surface area contributed by atoms with Crippen molar-refractivity contribution in [2.24, 2.45) is 5.92 Å². The van der Waals surface area contributed by atoms with Crippen molar-refractivity contribution in [1.29, 1.82) is 0 Å². The molecule has 1 aliphatic carbocycles. The van der Waals surface area contributed by atoms with Gasteiger partial charge in [-0.05, 0) is 81.8 Å². The number of hydrogen-bond acceptors (Lipinski definition) is 4.